The van der Waals surface area contributed by atoms with Crippen molar-refractivity contribution >= 4 is 5.91 Å². The average Bonchev–Trinajstić information content (AvgIpc) is 2.97. The molecule has 3 heterocycles. The van der Waals surface area contributed by atoms with Crippen molar-refractivity contribution in [2.45, 2.75) is 32.4 Å². The van der Waals surface area contributed by atoms with Crippen molar-refractivity contribution in [3.05, 3.63) is 72.1 Å². The zero-order valence-corrected chi connectivity index (χ0v) is 17.7. The molecule has 1 unspecified atom stereocenters. The molecule has 5 nitrogen and oxygen atoms in total. The quantitative estimate of drug-likeness (QED) is 0.684. The number of ether oxygens (including phenoxy) is 1. The fourth-order valence-corrected chi connectivity index (χ4v) is 4.63. The highest BCUT2D eigenvalue weighted by Crippen LogP contribution is 2.31. The summed E-state index contributed by atoms with van der Waals surface area (Å²) in [5.41, 5.74) is 2.23. The molecule has 1 aromatic carbocycles. The Morgan fingerprint density at radius 3 is 2.70 bits per heavy atom. The number of pyridine rings is 1. The highest BCUT2D eigenvalue weighted by Gasteiger charge is 2.34. The van der Waals surface area contributed by atoms with Gasteiger partial charge in [0.25, 0.3) is 0 Å². The van der Waals surface area contributed by atoms with Crippen LogP contribution in [0.2, 0.25) is 0 Å². The fraction of sp³-hybridized carbons (Fsp3) is 0.440. The number of carbonyl (C=O) groups excluding carboxylic acids is 1. The molecule has 5 heteroatoms. The third-order valence-electron chi connectivity index (χ3n) is 6.33. The van der Waals surface area contributed by atoms with Gasteiger partial charge in [-0.2, -0.15) is 0 Å². The fourth-order valence-electron chi connectivity index (χ4n) is 4.63. The summed E-state index contributed by atoms with van der Waals surface area (Å²) < 4.78 is 5.34. The minimum atomic E-state index is 0.0892. The lowest BCUT2D eigenvalue weighted by molar-refractivity contribution is -0.137. The van der Waals surface area contributed by atoms with Crippen molar-refractivity contribution in [3.63, 3.8) is 0 Å². The second-order valence-corrected chi connectivity index (χ2v) is 8.32. The molecule has 1 aromatic heterocycles. The Morgan fingerprint density at radius 2 is 1.93 bits per heavy atom. The first kappa shape index (κ1) is 20.6. The van der Waals surface area contributed by atoms with E-state index >= 15 is 0 Å². The van der Waals surface area contributed by atoms with E-state index in [4.69, 9.17) is 4.74 Å². The maximum absolute atomic E-state index is 13.4. The number of hydrogen-bond donors (Lipinski definition) is 0. The maximum atomic E-state index is 13.4. The van der Waals surface area contributed by atoms with Crippen molar-refractivity contribution < 1.29 is 9.53 Å². The predicted molar refractivity (Wildman–Crippen MR) is 118 cm³/mol. The van der Waals surface area contributed by atoms with Gasteiger partial charge in [0.1, 0.15) is 5.75 Å². The van der Waals surface area contributed by atoms with Gasteiger partial charge in [-0.05, 0) is 68.1 Å². The highest BCUT2D eigenvalue weighted by atomic mass is 16.5. The van der Waals surface area contributed by atoms with Gasteiger partial charge in [-0.25, -0.2) is 0 Å². The Kier molecular flexibility index (Phi) is 6.80. The molecular weight excluding hydrogens is 374 g/mol. The third-order valence-corrected chi connectivity index (χ3v) is 6.33. The molecule has 0 radical (unpaired) electrons. The van der Waals surface area contributed by atoms with E-state index in [1.807, 2.05) is 41.4 Å². The van der Waals surface area contributed by atoms with Crippen LogP contribution in [0.15, 0.2) is 60.8 Å². The number of methoxy groups -OCH3 is 1. The molecule has 158 valence electrons. The van der Waals surface area contributed by atoms with Crippen molar-refractivity contribution in [2.75, 3.05) is 26.7 Å². The van der Waals surface area contributed by atoms with Crippen molar-refractivity contribution in [1.82, 2.24) is 14.8 Å². The molecule has 2 aliphatic heterocycles. The summed E-state index contributed by atoms with van der Waals surface area (Å²) in [7, 11) is 1.68. The Balaban J connectivity index is 1.36. The molecule has 4 rings (SSSR count). The first-order chi connectivity index (χ1) is 14.7. The predicted octanol–water partition coefficient (Wildman–Crippen LogP) is 3.91. The molecule has 0 N–H and O–H groups in total. The van der Waals surface area contributed by atoms with E-state index in [9.17, 15) is 4.79 Å². The normalized spacial score (nSPS) is 20.9. The van der Waals surface area contributed by atoms with Crippen LogP contribution in [0.4, 0.5) is 0 Å². The van der Waals surface area contributed by atoms with Gasteiger partial charge >= 0.3 is 0 Å². The van der Waals surface area contributed by atoms with Gasteiger partial charge in [-0.15, -0.1) is 0 Å². The largest absolute Gasteiger partial charge is 0.497 e. The second kappa shape index (κ2) is 9.90. The smallest absolute Gasteiger partial charge is 0.226 e. The summed E-state index contributed by atoms with van der Waals surface area (Å²) in [4.78, 5) is 22.3. The van der Waals surface area contributed by atoms with Crippen LogP contribution >= 0.6 is 0 Å². The summed E-state index contributed by atoms with van der Waals surface area (Å²) >= 11 is 0. The number of hydrogen-bond acceptors (Lipinski definition) is 4. The second-order valence-electron chi connectivity index (χ2n) is 8.32. The number of aromatic nitrogens is 1. The summed E-state index contributed by atoms with van der Waals surface area (Å²) in [5.74, 6) is 1.67. The zero-order chi connectivity index (χ0) is 20.8. The molecule has 2 aliphatic rings. The molecule has 1 atom stereocenters. The molecule has 2 aromatic rings. The van der Waals surface area contributed by atoms with Crippen LogP contribution < -0.4 is 4.74 Å². The van der Waals surface area contributed by atoms with Crippen LogP contribution in [0.3, 0.4) is 0 Å². The Hall–Kier alpha value is -2.66. The van der Waals surface area contributed by atoms with Gasteiger partial charge in [0.2, 0.25) is 5.91 Å². The molecule has 1 fully saturated rings. The Morgan fingerprint density at radius 1 is 1.07 bits per heavy atom. The lowest BCUT2D eigenvalue weighted by atomic mass is 9.81. The highest BCUT2D eigenvalue weighted by molar-refractivity contribution is 5.80. The van der Waals surface area contributed by atoms with Crippen LogP contribution in [-0.4, -0.2) is 47.4 Å². The summed E-state index contributed by atoms with van der Waals surface area (Å²) in [6, 6.07) is 14.1. The van der Waals surface area contributed by atoms with Gasteiger partial charge in [0, 0.05) is 31.7 Å². The first-order valence-electron chi connectivity index (χ1n) is 10.9. The van der Waals surface area contributed by atoms with E-state index in [0.717, 1.165) is 55.9 Å². The monoisotopic (exact) mass is 405 g/mol. The van der Waals surface area contributed by atoms with Gasteiger partial charge in [-0.1, -0.05) is 30.4 Å². The van der Waals surface area contributed by atoms with Crippen molar-refractivity contribution in [3.8, 4) is 5.75 Å². The summed E-state index contributed by atoms with van der Waals surface area (Å²) in [6.07, 6.45) is 9.21. The van der Waals surface area contributed by atoms with Crippen molar-refractivity contribution in [2.24, 2.45) is 11.8 Å². The van der Waals surface area contributed by atoms with E-state index in [-0.39, 0.29) is 5.92 Å². The van der Waals surface area contributed by atoms with E-state index in [0.29, 0.717) is 24.9 Å². The van der Waals surface area contributed by atoms with Crippen molar-refractivity contribution in [1.29, 1.82) is 0 Å². The molecule has 0 bridgehead atoms. The van der Waals surface area contributed by atoms with Crippen LogP contribution in [0.25, 0.3) is 0 Å². The summed E-state index contributed by atoms with van der Waals surface area (Å²) in [6.45, 7) is 4.28. The van der Waals surface area contributed by atoms with Crippen LogP contribution in [0.5, 0.6) is 5.75 Å². The number of allylic oxidation sites excluding steroid dienone is 1. The number of rotatable bonds is 6. The first-order valence-corrected chi connectivity index (χ1v) is 10.9. The van der Waals surface area contributed by atoms with Gasteiger partial charge < -0.3 is 9.64 Å². The van der Waals surface area contributed by atoms with Gasteiger partial charge in [0.05, 0.1) is 12.8 Å². The Labute approximate surface area is 179 Å². The van der Waals surface area contributed by atoms with E-state index in [1.54, 1.807) is 7.11 Å². The minimum absolute atomic E-state index is 0.0892. The minimum Gasteiger partial charge on any atom is -0.497 e. The average molecular weight is 406 g/mol. The summed E-state index contributed by atoms with van der Waals surface area (Å²) in [5, 5.41) is 0. The number of carbonyl (C=O) groups is 1. The molecular formula is C25H31N3O2. The van der Waals surface area contributed by atoms with E-state index in [1.165, 1.54) is 0 Å². The molecule has 0 spiro atoms. The molecule has 0 saturated carbocycles. The number of nitrogens with zero attached hydrogens (tertiary/aromatic N) is 3. The van der Waals surface area contributed by atoms with E-state index in [2.05, 4.69) is 34.2 Å². The SMILES string of the molecule is COc1cccc(CN2CC=CCC(C3CCN(Cc4ccccn4)CC3)C2=O)c1. The molecule has 1 amide bonds. The van der Waals surface area contributed by atoms with Gasteiger partial charge in [-0.3, -0.25) is 14.7 Å². The van der Waals surface area contributed by atoms with Crippen LogP contribution in [0, 0.1) is 11.8 Å². The number of benzene rings is 1. The lowest BCUT2D eigenvalue weighted by Crippen LogP contribution is -2.42. The van der Waals surface area contributed by atoms with Crippen LogP contribution in [-0.2, 0) is 17.9 Å². The number of amides is 1. The van der Waals surface area contributed by atoms with E-state index < -0.39 is 0 Å². The topological polar surface area (TPSA) is 45.7 Å². The van der Waals surface area contributed by atoms with Crippen LogP contribution in [0.1, 0.15) is 30.5 Å². The Bertz CT molecular complexity index is 860. The molecule has 1 saturated heterocycles. The van der Waals surface area contributed by atoms with Gasteiger partial charge in [0.15, 0.2) is 0 Å². The zero-order valence-electron chi connectivity index (χ0n) is 17.7. The maximum Gasteiger partial charge on any atom is 0.226 e. The third kappa shape index (κ3) is 5.08. The number of likely N-dealkylation sites (tertiary alicyclic amines) is 1. The molecule has 0 aliphatic carbocycles. The standard InChI is InChI=1S/C25H31N3O2/c1-30-23-9-6-7-20(17-23)18-28-14-5-3-10-24(25(28)29)21-11-15-27(16-12-21)19-22-8-2-4-13-26-22/h2-9,13,17,21,24H,10-12,14-16,18-19H2,1H3. The number of piperidine rings is 1. The molecule has 30 heavy (non-hydrogen) atoms. The lowest BCUT2D eigenvalue weighted by Gasteiger charge is -2.36.